The van der Waals surface area contributed by atoms with E-state index in [-0.39, 0.29) is 0 Å². The maximum absolute atomic E-state index is 8.35. The van der Waals surface area contributed by atoms with Crippen LogP contribution in [0.5, 0.6) is 0 Å². The van der Waals surface area contributed by atoms with Crippen LogP contribution in [-0.4, -0.2) is 12.2 Å². The minimum atomic E-state index is 0.750. The van der Waals surface area contributed by atoms with Crippen molar-refractivity contribution in [3.63, 3.8) is 0 Å². The summed E-state index contributed by atoms with van der Waals surface area (Å²) < 4.78 is 0. The van der Waals surface area contributed by atoms with Gasteiger partial charge in [-0.3, -0.25) is 0 Å². The van der Waals surface area contributed by atoms with Gasteiger partial charge in [-0.1, -0.05) is 78.1 Å². The van der Waals surface area contributed by atoms with Crippen LogP contribution in [0, 0.1) is 22.7 Å². The third kappa shape index (κ3) is 19.1. The molecule has 2 aliphatic carbocycles. The van der Waals surface area contributed by atoms with Crippen molar-refractivity contribution in [2.75, 3.05) is 0 Å². The van der Waals surface area contributed by atoms with E-state index >= 15 is 0 Å². The van der Waals surface area contributed by atoms with Crippen LogP contribution in [0.3, 0.4) is 0 Å². The summed E-state index contributed by atoms with van der Waals surface area (Å²) in [5.41, 5.74) is 0. The summed E-state index contributed by atoms with van der Waals surface area (Å²) in [4.78, 5) is 16.7. The normalized spacial score (nSPS) is 18.5. The molecule has 0 amide bonds. The Balaban J connectivity index is 0. The molecule has 2 aliphatic rings. The van der Waals surface area contributed by atoms with Gasteiger partial charge in [0.05, 0.1) is 0 Å². The largest absolute Gasteiger partial charge is 0.231 e. The summed E-state index contributed by atoms with van der Waals surface area (Å²) in [5.74, 6) is 2.07. The van der Waals surface area contributed by atoms with Crippen molar-refractivity contribution in [2.45, 2.75) is 78.1 Å². The molecule has 0 heterocycles. The molecule has 0 atom stereocenters. The molecule has 0 aromatic carbocycles. The molecule has 0 aromatic heterocycles. The highest BCUT2D eigenvalue weighted by atomic mass is 16.1. The highest BCUT2D eigenvalue weighted by molar-refractivity contribution is 5.26. The van der Waals surface area contributed by atoms with Crippen LogP contribution < -0.4 is 0 Å². The maximum atomic E-state index is 8.35. The second-order valence-corrected chi connectivity index (χ2v) is 5.69. The molecule has 2 rings (SSSR count). The molecule has 2 fully saturated rings. The van der Waals surface area contributed by atoms with Crippen LogP contribution in [0.25, 0.3) is 0 Å². The van der Waals surface area contributed by atoms with Gasteiger partial charge in [0.1, 0.15) is 0 Å². The fraction of sp³-hybridized carbons (Fsp3) is 0.875. The molecule has 2 saturated carbocycles. The minimum Gasteiger partial charge on any atom is -0.222 e. The zero-order valence-electron chi connectivity index (χ0n) is 13.0. The summed E-state index contributed by atoms with van der Waals surface area (Å²) in [6.07, 6.45) is 16.4. The maximum Gasteiger partial charge on any atom is 0.231 e. The van der Waals surface area contributed by atoms with Gasteiger partial charge >= 0.3 is 0 Å². The van der Waals surface area contributed by atoms with Gasteiger partial charge in [-0.25, -0.2) is 20.4 Å². The van der Waals surface area contributed by atoms with Crippen LogP contribution in [0.4, 0.5) is 0 Å². The third-order valence-corrected chi connectivity index (χ3v) is 3.79. The van der Waals surface area contributed by atoms with E-state index in [0.29, 0.717) is 0 Å². The van der Waals surface area contributed by atoms with Crippen molar-refractivity contribution >= 4 is 12.2 Å². The van der Waals surface area contributed by atoms with Crippen molar-refractivity contribution in [2.24, 2.45) is 11.8 Å². The van der Waals surface area contributed by atoms with E-state index in [1.807, 2.05) is 0 Å². The molecule has 116 valence electrons. The lowest BCUT2D eigenvalue weighted by Crippen LogP contribution is -1.99. The van der Waals surface area contributed by atoms with E-state index in [1.165, 1.54) is 64.2 Å². The van der Waals surface area contributed by atoms with Crippen LogP contribution in [0.1, 0.15) is 78.1 Å². The Morgan fingerprint density at radius 1 is 0.650 bits per heavy atom. The molecule has 2 N–H and O–H groups in total. The van der Waals surface area contributed by atoms with Crippen molar-refractivity contribution in [1.82, 2.24) is 0 Å². The summed E-state index contributed by atoms with van der Waals surface area (Å²) in [6.45, 7) is 4.72. The molecular formula is C16H30N2O2. The monoisotopic (exact) mass is 282 g/mol. The predicted molar refractivity (Wildman–Crippen MR) is 81.3 cm³/mol. The fourth-order valence-electron chi connectivity index (χ4n) is 2.61. The number of nitrogens with one attached hydrogen (secondary N) is 2. The minimum absolute atomic E-state index is 0.750. The molecule has 0 unspecified atom stereocenters. The Morgan fingerprint density at radius 3 is 0.950 bits per heavy atom. The van der Waals surface area contributed by atoms with Gasteiger partial charge < -0.3 is 0 Å². The fourth-order valence-corrected chi connectivity index (χ4v) is 2.61. The first-order valence-electron chi connectivity index (χ1n) is 7.70. The van der Waals surface area contributed by atoms with Crippen LogP contribution in [0.2, 0.25) is 0 Å². The lowest BCUT2D eigenvalue weighted by Gasteiger charge is -2.15. The van der Waals surface area contributed by atoms with Crippen LogP contribution in [-0.2, 0) is 9.59 Å². The van der Waals surface area contributed by atoms with Crippen LogP contribution in [0.15, 0.2) is 0 Å². The van der Waals surface area contributed by atoms with E-state index in [2.05, 4.69) is 13.8 Å². The first-order valence-corrected chi connectivity index (χ1v) is 7.70. The van der Waals surface area contributed by atoms with Crippen molar-refractivity contribution in [3.05, 3.63) is 0 Å². The molecule has 0 aromatic rings. The summed E-state index contributed by atoms with van der Waals surface area (Å²) in [7, 11) is 0. The second kappa shape index (κ2) is 17.8. The highest BCUT2D eigenvalue weighted by Gasteiger charge is 2.06. The predicted octanol–water partition coefficient (Wildman–Crippen LogP) is 4.98. The molecule has 4 heteroatoms. The van der Waals surface area contributed by atoms with Gasteiger partial charge in [-0.15, -0.1) is 0 Å². The Morgan fingerprint density at radius 2 is 0.850 bits per heavy atom. The van der Waals surface area contributed by atoms with Gasteiger partial charge in [0.15, 0.2) is 0 Å². The molecular weight excluding hydrogens is 252 g/mol. The first-order chi connectivity index (χ1) is 9.62. The molecule has 0 aliphatic heterocycles. The molecule has 0 saturated heterocycles. The molecule has 0 radical (unpaired) electrons. The summed E-state index contributed by atoms with van der Waals surface area (Å²) >= 11 is 0. The molecule has 0 spiro atoms. The molecule has 20 heavy (non-hydrogen) atoms. The van der Waals surface area contributed by atoms with Gasteiger partial charge in [-0.2, -0.15) is 0 Å². The Hall–Kier alpha value is -1.24. The number of isocyanates is 2. The first kappa shape index (κ1) is 21.1. The van der Waals surface area contributed by atoms with E-state index in [9.17, 15) is 0 Å². The standard InChI is InChI=1S/2C7H14.2CHNO/c2*1-7-5-3-2-4-6-7;2*2-1-3/h2*7H,2-6H2,1H3;2*2H. The number of carbonyl (C=O) groups excluding carboxylic acids is 2. The zero-order chi connectivity index (χ0) is 15.6. The number of hydrogen-bond donors (Lipinski definition) is 2. The quantitative estimate of drug-likeness (QED) is 0.485. The smallest absolute Gasteiger partial charge is 0.222 e. The second-order valence-electron chi connectivity index (χ2n) is 5.69. The lowest BCUT2D eigenvalue weighted by atomic mass is 9.91. The van der Waals surface area contributed by atoms with Gasteiger partial charge in [0.25, 0.3) is 0 Å². The summed E-state index contributed by atoms with van der Waals surface area (Å²) in [6, 6.07) is 0. The Labute approximate surface area is 123 Å². The number of rotatable bonds is 0. The zero-order valence-corrected chi connectivity index (χ0v) is 13.0. The van der Waals surface area contributed by atoms with E-state index < -0.39 is 0 Å². The van der Waals surface area contributed by atoms with E-state index in [1.54, 1.807) is 0 Å². The SMILES string of the molecule is CC1CCCCC1.CC1CCCCC1.N=C=O.N=C=O. The third-order valence-electron chi connectivity index (χ3n) is 3.79. The van der Waals surface area contributed by atoms with Crippen LogP contribution >= 0.6 is 0 Å². The average molecular weight is 282 g/mol. The topological polar surface area (TPSA) is 81.8 Å². The molecule has 0 bridgehead atoms. The van der Waals surface area contributed by atoms with Crippen molar-refractivity contribution in [3.8, 4) is 0 Å². The lowest BCUT2D eigenvalue weighted by molar-refractivity contribution is 0.385. The van der Waals surface area contributed by atoms with Gasteiger partial charge in [0, 0.05) is 0 Å². The average Bonchev–Trinajstić information content (AvgIpc) is 2.43. The van der Waals surface area contributed by atoms with E-state index in [4.69, 9.17) is 20.4 Å². The molecule has 4 nitrogen and oxygen atoms in total. The Kier molecular flexibility index (Phi) is 18.7. The summed E-state index contributed by atoms with van der Waals surface area (Å²) in [5, 5.41) is 10.8. The Bertz CT molecular complexity index is 228. The van der Waals surface area contributed by atoms with Gasteiger partial charge in [0.2, 0.25) is 12.2 Å². The number of hydrogen-bond acceptors (Lipinski definition) is 4. The van der Waals surface area contributed by atoms with Crippen molar-refractivity contribution in [1.29, 1.82) is 10.8 Å². The van der Waals surface area contributed by atoms with Gasteiger partial charge in [-0.05, 0) is 11.8 Å². The van der Waals surface area contributed by atoms with E-state index in [0.717, 1.165) is 24.0 Å². The van der Waals surface area contributed by atoms with Crippen molar-refractivity contribution < 1.29 is 9.59 Å². The highest BCUT2D eigenvalue weighted by Crippen LogP contribution is 2.22.